The SMILES string of the molecule is CCn1ccc(C(=O)N2CCC(N3C[C@H](O)C[C@H]3C(=O)NC3CCCCC3)CC2)n1. The molecule has 30 heavy (non-hydrogen) atoms. The summed E-state index contributed by atoms with van der Waals surface area (Å²) in [6.07, 6.45) is 9.29. The third kappa shape index (κ3) is 4.70. The Bertz CT molecular complexity index is 737. The summed E-state index contributed by atoms with van der Waals surface area (Å²) in [7, 11) is 0. The van der Waals surface area contributed by atoms with Gasteiger partial charge in [0.05, 0.1) is 12.1 Å². The number of hydrogen-bond donors (Lipinski definition) is 2. The lowest BCUT2D eigenvalue weighted by Gasteiger charge is -2.39. The second-order valence-electron chi connectivity index (χ2n) is 9.03. The largest absolute Gasteiger partial charge is 0.392 e. The Hall–Kier alpha value is -1.93. The van der Waals surface area contributed by atoms with Gasteiger partial charge in [-0.2, -0.15) is 5.10 Å². The number of carbonyl (C=O) groups is 2. The summed E-state index contributed by atoms with van der Waals surface area (Å²) in [6, 6.07) is 2.03. The first-order valence-corrected chi connectivity index (χ1v) is 11.6. The summed E-state index contributed by atoms with van der Waals surface area (Å²) in [5.74, 6) is 0.0516. The van der Waals surface area contributed by atoms with Crippen molar-refractivity contribution >= 4 is 11.8 Å². The van der Waals surface area contributed by atoms with Gasteiger partial charge in [0.1, 0.15) is 5.69 Å². The van der Waals surface area contributed by atoms with Crippen molar-refractivity contribution in [1.29, 1.82) is 0 Å². The maximum absolute atomic E-state index is 13.0. The van der Waals surface area contributed by atoms with E-state index in [0.717, 1.165) is 32.2 Å². The number of amides is 2. The lowest BCUT2D eigenvalue weighted by molar-refractivity contribution is -0.127. The fourth-order valence-electron chi connectivity index (χ4n) is 5.26. The van der Waals surface area contributed by atoms with Gasteiger partial charge in [0.25, 0.3) is 5.91 Å². The van der Waals surface area contributed by atoms with Crippen molar-refractivity contribution in [3.05, 3.63) is 18.0 Å². The quantitative estimate of drug-likeness (QED) is 0.756. The second kappa shape index (κ2) is 9.47. The number of nitrogens with zero attached hydrogens (tertiary/aromatic N) is 4. The monoisotopic (exact) mass is 417 g/mol. The first kappa shape index (κ1) is 21.3. The molecule has 2 saturated heterocycles. The first-order chi connectivity index (χ1) is 14.5. The third-order valence-corrected chi connectivity index (χ3v) is 6.98. The molecule has 0 aromatic carbocycles. The van der Waals surface area contributed by atoms with Gasteiger partial charge in [-0.05, 0) is 45.1 Å². The molecule has 3 aliphatic rings. The number of β-amino-alcohol motifs (C(OH)–C–C–N with tert-alkyl or cyclic N) is 1. The fraction of sp³-hybridized carbons (Fsp3) is 0.773. The van der Waals surface area contributed by atoms with Crippen LogP contribution >= 0.6 is 0 Å². The molecule has 166 valence electrons. The maximum Gasteiger partial charge on any atom is 0.274 e. The second-order valence-corrected chi connectivity index (χ2v) is 9.03. The zero-order valence-corrected chi connectivity index (χ0v) is 18.0. The van der Waals surface area contributed by atoms with Gasteiger partial charge in [-0.1, -0.05) is 19.3 Å². The molecule has 3 heterocycles. The zero-order valence-electron chi connectivity index (χ0n) is 18.0. The predicted molar refractivity (Wildman–Crippen MR) is 113 cm³/mol. The van der Waals surface area contributed by atoms with E-state index < -0.39 is 6.10 Å². The number of aromatic nitrogens is 2. The van der Waals surface area contributed by atoms with Crippen molar-refractivity contribution in [2.75, 3.05) is 19.6 Å². The Labute approximate surface area is 178 Å². The number of piperidine rings is 1. The summed E-state index contributed by atoms with van der Waals surface area (Å²) in [6.45, 7) is 4.61. The standard InChI is InChI=1S/C22H35N5O3/c1-2-26-13-10-19(24-26)22(30)25-11-8-17(9-12-25)27-15-18(28)14-20(27)21(29)23-16-6-4-3-5-7-16/h10,13,16-18,20,28H,2-9,11-12,14-15H2,1H3,(H,23,29)/t18-,20+/m1/s1. The van der Waals surface area contributed by atoms with Crippen LogP contribution in [0.15, 0.2) is 12.3 Å². The smallest absolute Gasteiger partial charge is 0.274 e. The summed E-state index contributed by atoms with van der Waals surface area (Å²) in [5.41, 5.74) is 0.497. The van der Waals surface area contributed by atoms with E-state index in [1.165, 1.54) is 19.3 Å². The molecule has 0 radical (unpaired) electrons. The van der Waals surface area contributed by atoms with Crippen molar-refractivity contribution in [2.45, 2.75) is 89.1 Å². The molecule has 2 atom stereocenters. The zero-order chi connectivity index (χ0) is 21.1. The lowest BCUT2D eigenvalue weighted by Crippen LogP contribution is -2.53. The van der Waals surface area contributed by atoms with Crippen LogP contribution in [0.4, 0.5) is 0 Å². The molecule has 8 nitrogen and oxygen atoms in total. The molecule has 0 spiro atoms. The number of aryl methyl sites for hydroxylation is 1. The Balaban J connectivity index is 1.33. The molecule has 1 saturated carbocycles. The number of carbonyl (C=O) groups excluding carboxylic acids is 2. The predicted octanol–water partition coefficient (Wildman–Crippen LogP) is 1.39. The molecular formula is C22H35N5O3. The highest BCUT2D eigenvalue weighted by molar-refractivity contribution is 5.92. The summed E-state index contributed by atoms with van der Waals surface area (Å²) >= 11 is 0. The number of nitrogens with one attached hydrogen (secondary N) is 1. The van der Waals surface area contributed by atoms with Crippen molar-refractivity contribution in [3.8, 4) is 0 Å². The lowest BCUT2D eigenvalue weighted by atomic mass is 9.95. The minimum Gasteiger partial charge on any atom is -0.392 e. The van der Waals surface area contributed by atoms with Crippen molar-refractivity contribution < 1.29 is 14.7 Å². The fourth-order valence-corrected chi connectivity index (χ4v) is 5.26. The molecule has 0 bridgehead atoms. The molecule has 3 fully saturated rings. The van der Waals surface area contributed by atoms with E-state index in [-0.39, 0.29) is 29.9 Å². The Kier molecular flexibility index (Phi) is 6.73. The molecule has 1 aliphatic carbocycles. The highest BCUT2D eigenvalue weighted by Crippen LogP contribution is 2.28. The highest BCUT2D eigenvalue weighted by atomic mass is 16.3. The van der Waals surface area contributed by atoms with Gasteiger partial charge >= 0.3 is 0 Å². The molecule has 1 aromatic rings. The molecule has 8 heteroatoms. The number of aliphatic hydroxyl groups excluding tert-OH is 1. The Morgan fingerprint density at radius 1 is 1.17 bits per heavy atom. The van der Waals surface area contributed by atoms with Crippen LogP contribution in [0.1, 0.15) is 68.8 Å². The van der Waals surface area contributed by atoms with E-state index in [2.05, 4.69) is 15.3 Å². The van der Waals surface area contributed by atoms with Crippen LogP contribution in [0.3, 0.4) is 0 Å². The van der Waals surface area contributed by atoms with Crippen LogP contribution in [-0.4, -0.2) is 80.4 Å². The topological polar surface area (TPSA) is 90.7 Å². The number of likely N-dealkylation sites (tertiary alicyclic amines) is 2. The summed E-state index contributed by atoms with van der Waals surface area (Å²) in [4.78, 5) is 29.8. The van der Waals surface area contributed by atoms with E-state index in [4.69, 9.17) is 0 Å². The summed E-state index contributed by atoms with van der Waals surface area (Å²) in [5, 5.41) is 17.8. The van der Waals surface area contributed by atoms with Crippen LogP contribution in [0.2, 0.25) is 0 Å². The van der Waals surface area contributed by atoms with Crippen LogP contribution in [0, 0.1) is 0 Å². The first-order valence-electron chi connectivity index (χ1n) is 11.6. The van der Waals surface area contributed by atoms with Crippen LogP contribution in [0.5, 0.6) is 0 Å². The Morgan fingerprint density at radius 3 is 2.57 bits per heavy atom. The van der Waals surface area contributed by atoms with Gasteiger partial charge in [0.15, 0.2) is 0 Å². The molecule has 2 N–H and O–H groups in total. The molecule has 1 aromatic heterocycles. The molecule has 2 aliphatic heterocycles. The summed E-state index contributed by atoms with van der Waals surface area (Å²) < 4.78 is 1.77. The van der Waals surface area contributed by atoms with Gasteiger partial charge < -0.3 is 15.3 Å². The molecule has 0 unspecified atom stereocenters. The molecule has 2 amide bonds. The number of hydrogen-bond acceptors (Lipinski definition) is 5. The highest BCUT2D eigenvalue weighted by Gasteiger charge is 2.41. The van der Waals surface area contributed by atoms with Gasteiger partial charge in [-0.25, -0.2) is 0 Å². The average molecular weight is 418 g/mol. The average Bonchev–Trinajstić information content (AvgIpc) is 3.41. The minimum atomic E-state index is -0.454. The number of aliphatic hydroxyl groups is 1. The van der Waals surface area contributed by atoms with E-state index in [1.54, 1.807) is 10.7 Å². The van der Waals surface area contributed by atoms with Gasteiger partial charge in [-0.15, -0.1) is 0 Å². The number of rotatable bonds is 5. The van der Waals surface area contributed by atoms with E-state index in [9.17, 15) is 14.7 Å². The minimum absolute atomic E-state index is 0.0197. The Morgan fingerprint density at radius 2 is 1.90 bits per heavy atom. The van der Waals surface area contributed by atoms with Crippen LogP contribution in [-0.2, 0) is 11.3 Å². The van der Waals surface area contributed by atoms with Gasteiger partial charge in [-0.3, -0.25) is 19.2 Å². The van der Waals surface area contributed by atoms with E-state index >= 15 is 0 Å². The van der Waals surface area contributed by atoms with Gasteiger partial charge in [0, 0.05) is 44.5 Å². The van der Waals surface area contributed by atoms with E-state index in [0.29, 0.717) is 31.7 Å². The molecule has 4 rings (SSSR count). The third-order valence-electron chi connectivity index (χ3n) is 6.98. The maximum atomic E-state index is 13.0. The van der Waals surface area contributed by atoms with Crippen molar-refractivity contribution in [2.24, 2.45) is 0 Å². The van der Waals surface area contributed by atoms with Crippen LogP contribution < -0.4 is 5.32 Å². The van der Waals surface area contributed by atoms with E-state index in [1.807, 2.05) is 18.0 Å². The van der Waals surface area contributed by atoms with Gasteiger partial charge in [0.2, 0.25) is 5.91 Å². The molecular weight excluding hydrogens is 382 g/mol. The van der Waals surface area contributed by atoms with Crippen LogP contribution in [0.25, 0.3) is 0 Å². The van der Waals surface area contributed by atoms with Crippen molar-refractivity contribution in [3.63, 3.8) is 0 Å². The normalized spacial score (nSPS) is 26.8. The van der Waals surface area contributed by atoms with Crippen molar-refractivity contribution in [1.82, 2.24) is 24.9 Å².